The first-order valence-electron chi connectivity index (χ1n) is 10.8. The van der Waals surface area contributed by atoms with E-state index < -0.39 is 5.24 Å². The van der Waals surface area contributed by atoms with Crippen molar-refractivity contribution in [3.05, 3.63) is 53.8 Å². The van der Waals surface area contributed by atoms with E-state index in [0.717, 1.165) is 24.0 Å². The van der Waals surface area contributed by atoms with Gasteiger partial charge in [-0.3, -0.25) is 4.79 Å². The van der Waals surface area contributed by atoms with Crippen LogP contribution in [0.25, 0.3) is 11.1 Å². The molecule has 0 N–H and O–H groups in total. The topological polar surface area (TPSA) is 26.3 Å². The zero-order chi connectivity index (χ0) is 20.9. The maximum atomic E-state index is 14.3. The standard InChI is InChI=1S/C25H32ClFO2/c1-2-3-4-5-6-7-8-9-10-11-18-29-24-17-16-22(19-23(24)27)20-12-14-21(15-13-20)25(26)28/h12-17,19H,2-11,18H2,1H3. The maximum Gasteiger partial charge on any atom is 0.252 e. The Morgan fingerprint density at radius 1 is 0.828 bits per heavy atom. The van der Waals surface area contributed by atoms with Crippen LogP contribution in [-0.2, 0) is 0 Å². The zero-order valence-corrected chi connectivity index (χ0v) is 18.1. The van der Waals surface area contributed by atoms with E-state index in [2.05, 4.69) is 6.92 Å². The number of halogens is 2. The van der Waals surface area contributed by atoms with Gasteiger partial charge in [0.25, 0.3) is 5.24 Å². The molecule has 4 heteroatoms. The van der Waals surface area contributed by atoms with E-state index in [9.17, 15) is 9.18 Å². The molecule has 2 aromatic carbocycles. The lowest BCUT2D eigenvalue weighted by atomic mass is 10.0. The lowest BCUT2D eigenvalue weighted by molar-refractivity contribution is 0.108. The Bertz CT molecular complexity index is 743. The average Bonchev–Trinajstić information content (AvgIpc) is 2.73. The van der Waals surface area contributed by atoms with Crippen molar-refractivity contribution in [2.45, 2.75) is 71.1 Å². The second-order valence-electron chi connectivity index (χ2n) is 7.53. The lowest BCUT2D eigenvalue weighted by Gasteiger charge is -2.09. The summed E-state index contributed by atoms with van der Waals surface area (Å²) >= 11 is 5.45. The Morgan fingerprint density at radius 3 is 1.93 bits per heavy atom. The highest BCUT2D eigenvalue weighted by Gasteiger charge is 2.08. The predicted octanol–water partition coefficient (Wildman–Crippen LogP) is 8.17. The molecule has 0 radical (unpaired) electrons. The summed E-state index contributed by atoms with van der Waals surface area (Å²) in [5.41, 5.74) is 1.99. The summed E-state index contributed by atoms with van der Waals surface area (Å²) < 4.78 is 20.0. The summed E-state index contributed by atoms with van der Waals surface area (Å²) in [6.07, 6.45) is 12.6. The number of hydrogen-bond donors (Lipinski definition) is 0. The van der Waals surface area contributed by atoms with Crippen LogP contribution in [-0.4, -0.2) is 11.8 Å². The van der Waals surface area contributed by atoms with Crippen molar-refractivity contribution in [2.24, 2.45) is 0 Å². The minimum atomic E-state index is -0.501. The van der Waals surface area contributed by atoms with Crippen molar-refractivity contribution in [2.75, 3.05) is 6.61 Å². The third-order valence-electron chi connectivity index (χ3n) is 5.13. The molecule has 158 valence electrons. The van der Waals surface area contributed by atoms with Gasteiger partial charge in [0.2, 0.25) is 0 Å². The van der Waals surface area contributed by atoms with Crippen LogP contribution in [0.2, 0.25) is 0 Å². The number of carbonyl (C=O) groups excluding carboxylic acids is 1. The number of rotatable bonds is 14. The quantitative estimate of drug-likeness (QED) is 0.228. The molecule has 29 heavy (non-hydrogen) atoms. The Labute approximate surface area is 179 Å². The first-order chi connectivity index (χ1) is 14.1. The number of unbranched alkanes of at least 4 members (excludes halogenated alkanes) is 9. The van der Waals surface area contributed by atoms with Gasteiger partial charge in [0.15, 0.2) is 11.6 Å². The monoisotopic (exact) mass is 418 g/mol. The van der Waals surface area contributed by atoms with Gasteiger partial charge in [-0.15, -0.1) is 0 Å². The summed E-state index contributed by atoms with van der Waals surface area (Å²) in [5, 5.41) is -0.501. The van der Waals surface area contributed by atoms with Crippen molar-refractivity contribution >= 4 is 16.8 Å². The van der Waals surface area contributed by atoms with Gasteiger partial charge in [0, 0.05) is 5.56 Å². The van der Waals surface area contributed by atoms with Crippen LogP contribution in [0, 0.1) is 5.82 Å². The molecule has 0 saturated heterocycles. The largest absolute Gasteiger partial charge is 0.491 e. The lowest BCUT2D eigenvalue weighted by Crippen LogP contribution is -1.99. The molecule has 0 aromatic heterocycles. The van der Waals surface area contributed by atoms with Gasteiger partial charge in [0.1, 0.15) is 0 Å². The summed E-state index contributed by atoms with van der Waals surface area (Å²) in [5.74, 6) is -0.0793. The highest BCUT2D eigenvalue weighted by Crippen LogP contribution is 2.26. The molecule has 0 atom stereocenters. The van der Waals surface area contributed by atoms with Crippen LogP contribution in [0.3, 0.4) is 0 Å². The molecule has 0 heterocycles. The van der Waals surface area contributed by atoms with E-state index in [0.29, 0.717) is 12.2 Å². The minimum Gasteiger partial charge on any atom is -0.491 e. The van der Waals surface area contributed by atoms with Crippen LogP contribution in [0.5, 0.6) is 5.75 Å². The number of benzene rings is 2. The average molecular weight is 419 g/mol. The first-order valence-corrected chi connectivity index (χ1v) is 11.2. The van der Waals surface area contributed by atoms with Crippen molar-refractivity contribution in [1.82, 2.24) is 0 Å². The summed E-state index contributed by atoms with van der Waals surface area (Å²) in [6, 6.07) is 11.8. The molecule has 2 aromatic rings. The third-order valence-corrected chi connectivity index (χ3v) is 5.35. The van der Waals surface area contributed by atoms with Gasteiger partial charge in [-0.2, -0.15) is 0 Å². The molecule has 0 aliphatic carbocycles. The van der Waals surface area contributed by atoms with Crippen LogP contribution in [0.4, 0.5) is 4.39 Å². The van der Waals surface area contributed by atoms with E-state index in [1.165, 1.54) is 57.4 Å². The van der Waals surface area contributed by atoms with Crippen molar-refractivity contribution in [3.63, 3.8) is 0 Å². The van der Waals surface area contributed by atoms with Gasteiger partial charge in [0.05, 0.1) is 6.61 Å². The van der Waals surface area contributed by atoms with Gasteiger partial charge in [-0.25, -0.2) is 4.39 Å². The zero-order valence-electron chi connectivity index (χ0n) is 17.4. The molecule has 2 rings (SSSR count). The van der Waals surface area contributed by atoms with E-state index in [-0.39, 0.29) is 11.6 Å². The fourth-order valence-corrected chi connectivity index (χ4v) is 3.49. The van der Waals surface area contributed by atoms with Crippen LogP contribution < -0.4 is 4.74 Å². The Hall–Kier alpha value is -1.87. The second kappa shape index (κ2) is 13.4. The van der Waals surface area contributed by atoms with Gasteiger partial charge in [-0.1, -0.05) is 82.9 Å². The molecule has 0 fully saturated rings. The number of ether oxygens (including phenoxy) is 1. The molecule has 0 aliphatic rings. The van der Waals surface area contributed by atoms with E-state index in [4.69, 9.17) is 16.3 Å². The molecule has 0 amide bonds. The summed E-state index contributed by atoms with van der Waals surface area (Å²) in [7, 11) is 0. The highest BCUT2D eigenvalue weighted by molar-refractivity contribution is 6.67. The molecule has 0 spiro atoms. The van der Waals surface area contributed by atoms with Gasteiger partial charge >= 0.3 is 0 Å². The third kappa shape index (κ3) is 8.57. The van der Waals surface area contributed by atoms with Crippen molar-refractivity contribution in [1.29, 1.82) is 0 Å². The number of hydrogen-bond acceptors (Lipinski definition) is 2. The normalized spacial score (nSPS) is 10.9. The molecule has 0 unspecified atom stereocenters. The Balaban J connectivity index is 1.67. The maximum absolute atomic E-state index is 14.3. The molecular formula is C25H32ClFO2. The minimum absolute atomic E-state index is 0.289. The Kier molecular flexibility index (Phi) is 10.8. The van der Waals surface area contributed by atoms with E-state index in [1.54, 1.807) is 30.3 Å². The van der Waals surface area contributed by atoms with Crippen molar-refractivity contribution < 1.29 is 13.9 Å². The fourth-order valence-electron chi connectivity index (χ4n) is 3.36. The van der Waals surface area contributed by atoms with Crippen molar-refractivity contribution in [3.8, 4) is 16.9 Å². The predicted molar refractivity (Wildman–Crippen MR) is 119 cm³/mol. The van der Waals surface area contributed by atoms with Gasteiger partial charge < -0.3 is 4.74 Å². The molecule has 0 saturated carbocycles. The van der Waals surface area contributed by atoms with Crippen LogP contribution in [0.15, 0.2) is 42.5 Å². The first kappa shape index (κ1) is 23.4. The van der Waals surface area contributed by atoms with Crippen LogP contribution in [0.1, 0.15) is 81.5 Å². The summed E-state index contributed by atoms with van der Waals surface area (Å²) in [4.78, 5) is 11.1. The highest BCUT2D eigenvalue weighted by atomic mass is 35.5. The molecular weight excluding hydrogens is 387 g/mol. The second-order valence-corrected chi connectivity index (χ2v) is 7.87. The fraction of sp³-hybridized carbons (Fsp3) is 0.480. The summed E-state index contributed by atoms with van der Waals surface area (Å²) in [6.45, 7) is 2.78. The molecule has 2 nitrogen and oxygen atoms in total. The van der Waals surface area contributed by atoms with Crippen LogP contribution >= 0.6 is 11.6 Å². The smallest absolute Gasteiger partial charge is 0.252 e. The molecule has 0 bridgehead atoms. The Morgan fingerprint density at radius 2 is 1.38 bits per heavy atom. The van der Waals surface area contributed by atoms with E-state index in [1.807, 2.05) is 6.07 Å². The van der Waals surface area contributed by atoms with Gasteiger partial charge in [-0.05, 0) is 53.4 Å². The molecule has 0 aliphatic heterocycles. The number of carbonyl (C=O) groups is 1. The van der Waals surface area contributed by atoms with E-state index >= 15 is 0 Å². The SMILES string of the molecule is CCCCCCCCCCCCOc1ccc(-c2ccc(C(=O)Cl)cc2)cc1F.